The van der Waals surface area contributed by atoms with Crippen LogP contribution in [0.2, 0.25) is 0 Å². The summed E-state index contributed by atoms with van der Waals surface area (Å²) in [5.74, 6) is -0.156. The Morgan fingerprint density at radius 1 is 1.26 bits per heavy atom. The third kappa shape index (κ3) is 3.26. The number of benzene rings is 1. The van der Waals surface area contributed by atoms with Crippen molar-refractivity contribution in [3.05, 3.63) is 39.9 Å². The van der Waals surface area contributed by atoms with Crippen LogP contribution in [0.25, 0.3) is 0 Å². The first-order chi connectivity index (χ1) is 9.09. The van der Waals surface area contributed by atoms with E-state index in [9.17, 15) is 14.9 Å². The zero-order valence-corrected chi connectivity index (χ0v) is 11.8. The molecule has 0 saturated carbocycles. The van der Waals surface area contributed by atoms with Gasteiger partial charge in [0, 0.05) is 0 Å². The molecule has 0 bridgehead atoms. The van der Waals surface area contributed by atoms with Crippen molar-refractivity contribution in [2.45, 2.75) is 0 Å². The molecule has 0 N–H and O–H groups in total. The molecule has 7 heteroatoms. The van der Waals surface area contributed by atoms with E-state index in [0.29, 0.717) is 36.4 Å². The number of nitro benzene ring substituents is 1. The van der Waals surface area contributed by atoms with Crippen molar-refractivity contribution < 1.29 is 14.5 Å². The first kappa shape index (κ1) is 13.9. The van der Waals surface area contributed by atoms with Crippen LogP contribution >= 0.6 is 0 Å². The predicted molar refractivity (Wildman–Crippen MR) is 70.6 cm³/mol. The summed E-state index contributed by atoms with van der Waals surface area (Å²) in [5.41, 5.74) is 0.412. The molecule has 1 aliphatic heterocycles. The van der Waals surface area contributed by atoms with Gasteiger partial charge in [-0.25, -0.2) is 0 Å². The number of carbonyl (C=O) groups excluding carboxylic acids is 1. The number of nitro groups is 1. The van der Waals surface area contributed by atoms with Gasteiger partial charge in [-0.05, 0) is 0 Å². The van der Waals surface area contributed by atoms with Crippen molar-refractivity contribution in [3.8, 4) is 0 Å². The minimum atomic E-state index is -0.487. The molecule has 6 nitrogen and oxygen atoms in total. The third-order valence-corrected chi connectivity index (χ3v) is 3.76. The average Bonchev–Trinajstić information content (AvgIpc) is 2.46. The normalized spacial score (nSPS) is 15.1. The maximum atomic E-state index is 12.2. The number of morpholine rings is 1. The summed E-state index contributed by atoms with van der Waals surface area (Å²) >= 11 is 2.79. The monoisotopic (exact) mass is 328 g/mol. The van der Waals surface area contributed by atoms with E-state index in [1.807, 2.05) is 4.90 Å². The van der Waals surface area contributed by atoms with E-state index in [2.05, 4.69) is 15.6 Å². The van der Waals surface area contributed by atoms with Crippen molar-refractivity contribution in [1.82, 2.24) is 4.90 Å². The van der Waals surface area contributed by atoms with E-state index in [-0.39, 0.29) is 11.5 Å². The number of ether oxygens (including phenoxy) is 1. The molecule has 19 heavy (non-hydrogen) atoms. The Hall–Kier alpha value is -1.56. The van der Waals surface area contributed by atoms with E-state index in [1.165, 1.54) is 24.3 Å². The molecule has 0 unspecified atom stereocenters. The zero-order valence-electron chi connectivity index (χ0n) is 10.1. The number of non-ortho nitro benzene ring substituents is 1. The predicted octanol–water partition coefficient (Wildman–Crippen LogP) is 0.408. The molecule has 1 fully saturated rings. The van der Waals surface area contributed by atoms with Crippen LogP contribution in [0.5, 0.6) is 0 Å². The molecule has 0 aromatic heterocycles. The van der Waals surface area contributed by atoms with E-state index >= 15 is 0 Å². The molecule has 0 radical (unpaired) electrons. The fraction of sp³-hybridized carbons (Fsp3) is 0.333. The van der Waals surface area contributed by atoms with Gasteiger partial charge in [0.2, 0.25) is 0 Å². The molecule has 0 aliphatic carbocycles. The van der Waals surface area contributed by atoms with Gasteiger partial charge in [0.25, 0.3) is 0 Å². The maximum absolute atomic E-state index is 12.2. The average molecular weight is 327 g/mol. The molecule has 1 heterocycles. The van der Waals surface area contributed by atoms with Gasteiger partial charge in [0.15, 0.2) is 0 Å². The van der Waals surface area contributed by atoms with Crippen molar-refractivity contribution in [2.75, 3.05) is 26.3 Å². The van der Waals surface area contributed by atoms with Crippen LogP contribution in [0, 0.1) is 10.1 Å². The summed E-state index contributed by atoms with van der Waals surface area (Å²) in [6, 6.07) is 5.61. The van der Waals surface area contributed by atoms with Gasteiger partial charge < -0.3 is 0 Å². The number of hydrogen-bond acceptors (Lipinski definition) is 5. The second-order valence-corrected chi connectivity index (χ2v) is 4.85. The first-order valence-corrected chi connectivity index (χ1v) is 6.61. The Labute approximate surface area is 117 Å². The number of carbonyl (C=O) groups is 1. The van der Waals surface area contributed by atoms with E-state index < -0.39 is 4.92 Å². The number of rotatable bonds is 4. The van der Waals surface area contributed by atoms with Gasteiger partial charge in [-0.15, -0.1) is 0 Å². The summed E-state index contributed by atoms with van der Waals surface area (Å²) in [7, 11) is 0. The Kier molecular flexibility index (Phi) is 4.42. The van der Waals surface area contributed by atoms with Crippen molar-refractivity contribution in [3.63, 3.8) is 0 Å². The van der Waals surface area contributed by atoms with Crippen molar-refractivity contribution in [1.29, 1.82) is 0 Å². The molecular weight excluding hydrogens is 315 g/mol. The molecule has 0 spiro atoms. The van der Waals surface area contributed by atoms with Crippen LogP contribution in [-0.4, -0.2) is 62.0 Å². The molecule has 1 aromatic rings. The Balaban J connectivity index is 2.10. The van der Waals surface area contributed by atoms with Gasteiger partial charge in [-0.1, -0.05) is 0 Å². The number of hydrogen-bond donors (Lipinski definition) is 0. The summed E-state index contributed by atoms with van der Waals surface area (Å²) in [6.07, 6.45) is 0. The fourth-order valence-corrected chi connectivity index (χ4v) is 2.40. The van der Waals surface area contributed by atoms with Crippen LogP contribution in [0.4, 0.5) is 5.69 Å². The van der Waals surface area contributed by atoms with Gasteiger partial charge in [0.05, 0.1) is 0 Å². The van der Waals surface area contributed by atoms with Crippen LogP contribution in [0.15, 0.2) is 24.3 Å². The molecule has 2 rings (SSSR count). The zero-order chi connectivity index (χ0) is 13.8. The standard InChI is InChI=1S/C12H12N2O4Se/c15-11(12(19)13-5-7-18-8-6-13)9-1-3-10(4-2-9)14(16)17/h1-4H,5-8H2. The first-order valence-electron chi connectivity index (χ1n) is 5.75. The molecule has 100 valence electrons. The van der Waals surface area contributed by atoms with Gasteiger partial charge >= 0.3 is 117 Å². The van der Waals surface area contributed by atoms with E-state index in [0.717, 1.165) is 0 Å². The van der Waals surface area contributed by atoms with Gasteiger partial charge in [0.1, 0.15) is 0 Å². The molecular formula is C12H12N2O4Se. The topological polar surface area (TPSA) is 72.7 Å². The van der Waals surface area contributed by atoms with Crippen LogP contribution in [0.1, 0.15) is 10.4 Å². The van der Waals surface area contributed by atoms with Crippen molar-refractivity contribution >= 4 is 31.6 Å². The molecule has 1 saturated heterocycles. The van der Waals surface area contributed by atoms with Crippen molar-refractivity contribution in [2.24, 2.45) is 0 Å². The molecule has 1 aliphatic rings. The quantitative estimate of drug-likeness (QED) is 0.347. The second-order valence-electron chi connectivity index (χ2n) is 4.04. The summed E-state index contributed by atoms with van der Waals surface area (Å²) in [6.45, 7) is 2.53. The summed E-state index contributed by atoms with van der Waals surface area (Å²) < 4.78 is 5.75. The van der Waals surface area contributed by atoms with E-state index in [1.54, 1.807) is 0 Å². The Morgan fingerprint density at radius 2 is 1.84 bits per heavy atom. The fourth-order valence-electron chi connectivity index (χ4n) is 1.77. The van der Waals surface area contributed by atoms with Crippen LogP contribution in [0.3, 0.4) is 0 Å². The van der Waals surface area contributed by atoms with E-state index in [4.69, 9.17) is 4.74 Å². The van der Waals surface area contributed by atoms with Crippen LogP contribution < -0.4 is 0 Å². The summed E-state index contributed by atoms with van der Waals surface area (Å²) in [4.78, 5) is 24.2. The third-order valence-electron chi connectivity index (χ3n) is 2.83. The minimum absolute atomic E-state index is 0.0236. The molecule has 0 amide bonds. The van der Waals surface area contributed by atoms with Gasteiger partial charge in [-0.3, -0.25) is 0 Å². The number of nitrogens with zero attached hydrogens (tertiary/aromatic N) is 2. The second kappa shape index (κ2) is 6.06. The number of Topliss-reactive ketones (excluding diaryl/α,β-unsaturated/α-hetero) is 1. The SMILES string of the molecule is O=C(C(=[Se])N1CCOCC1)c1ccc([N+](=O)[O-])cc1. The molecule has 0 atom stereocenters. The van der Waals surface area contributed by atoms with Gasteiger partial charge in [-0.2, -0.15) is 0 Å². The Bertz CT molecular complexity index is 509. The Morgan fingerprint density at radius 3 is 2.37 bits per heavy atom. The molecule has 1 aromatic carbocycles. The number of ketones is 1. The van der Waals surface area contributed by atoms with Crippen LogP contribution in [-0.2, 0) is 4.74 Å². The summed E-state index contributed by atoms with van der Waals surface area (Å²) in [5, 5.41) is 10.6.